The molecule has 1 heterocycles. The third kappa shape index (κ3) is 3.19. The topological polar surface area (TPSA) is 50.1 Å². The van der Waals surface area contributed by atoms with Gasteiger partial charge in [0.1, 0.15) is 11.6 Å². The van der Waals surface area contributed by atoms with E-state index in [9.17, 15) is 5.11 Å². The summed E-state index contributed by atoms with van der Waals surface area (Å²) in [7, 11) is 2.05. The van der Waals surface area contributed by atoms with E-state index in [1.165, 1.54) is 0 Å². The molecule has 2 N–H and O–H groups in total. The predicted octanol–water partition coefficient (Wildman–Crippen LogP) is 4.16. The summed E-state index contributed by atoms with van der Waals surface area (Å²) in [6, 6.07) is 25.8. The Morgan fingerprint density at radius 2 is 1.73 bits per heavy atom. The van der Waals surface area contributed by atoms with Gasteiger partial charge < -0.3 is 9.67 Å². The molecule has 0 radical (unpaired) electrons. The van der Waals surface area contributed by atoms with Crippen LogP contribution in [0.1, 0.15) is 23.0 Å². The molecule has 0 aliphatic heterocycles. The Bertz CT molecular complexity index is 1020. The van der Waals surface area contributed by atoms with Crippen LogP contribution in [0.4, 0.5) is 0 Å². The summed E-state index contributed by atoms with van der Waals surface area (Å²) in [5.41, 5.74) is 4.29. The maximum absolute atomic E-state index is 9.71. The second-order valence-electron chi connectivity index (χ2n) is 6.41. The number of benzene rings is 3. The fourth-order valence-corrected chi connectivity index (χ4v) is 3.31. The lowest BCUT2D eigenvalue weighted by Gasteiger charge is -2.19. The van der Waals surface area contributed by atoms with Crippen molar-refractivity contribution in [3.63, 3.8) is 0 Å². The van der Waals surface area contributed by atoms with Gasteiger partial charge in [0.2, 0.25) is 0 Å². The first-order chi connectivity index (χ1) is 12.7. The van der Waals surface area contributed by atoms with Crippen LogP contribution in [-0.2, 0) is 13.6 Å². The zero-order valence-corrected chi connectivity index (χ0v) is 14.6. The lowest BCUT2D eigenvalue weighted by atomic mass is 10.1. The fourth-order valence-electron chi connectivity index (χ4n) is 3.31. The zero-order chi connectivity index (χ0) is 17.9. The van der Waals surface area contributed by atoms with Crippen molar-refractivity contribution in [1.82, 2.24) is 14.9 Å². The van der Waals surface area contributed by atoms with Crippen LogP contribution in [0.15, 0.2) is 78.9 Å². The third-order valence-corrected chi connectivity index (χ3v) is 4.63. The molecule has 0 amide bonds. The van der Waals surface area contributed by atoms with Crippen molar-refractivity contribution in [3.05, 3.63) is 95.8 Å². The lowest BCUT2D eigenvalue weighted by Crippen LogP contribution is -2.24. The highest BCUT2D eigenvalue weighted by Crippen LogP contribution is 2.25. The number of hydrogen-bond acceptors (Lipinski definition) is 3. The van der Waals surface area contributed by atoms with E-state index in [-0.39, 0.29) is 11.8 Å². The Hall–Kier alpha value is -3.11. The van der Waals surface area contributed by atoms with Crippen LogP contribution in [0.5, 0.6) is 5.75 Å². The molecule has 130 valence electrons. The van der Waals surface area contributed by atoms with Crippen molar-refractivity contribution >= 4 is 11.0 Å². The number of aryl methyl sites for hydroxylation is 1. The molecule has 4 heteroatoms. The third-order valence-electron chi connectivity index (χ3n) is 4.63. The summed E-state index contributed by atoms with van der Waals surface area (Å²) in [6.45, 7) is 0.636. The number of aromatic hydroxyl groups is 1. The van der Waals surface area contributed by atoms with Crippen LogP contribution in [0.2, 0.25) is 0 Å². The minimum atomic E-state index is -0.0454. The largest absolute Gasteiger partial charge is 0.508 e. The van der Waals surface area contributed by atoms with Crippen LogP contribution in [0.25, 0.3) is 11.0 Å². The number of aromatic nitrogens is 2. The number of rotatable bonds is 5. The highest BCUT2D eigenvalue weighted by Gasteiger charge is 2.20. The molecule has 26 heavy (non-hydrogen) atoms. The molecule has 0 unspecified atom stereocenters. The minimum Gasteiger partial charge on any atom is -0.508 e. The van der Waals surface area contributed by atoms with Crippen LogP contribution >= 0.6 is 0 Å². The molecule has 1 aromatic heterocycles. The average Bonchev–Trinajstić information content (AvgIpc) is 3.00. The molecule has 0 aliphatic rings. The van der Waals surface area contributed by atoms with Gasteiger partial charge >= 0.3 is 0 Å². The molecule has 4 rings (SSSR count). The van der Waals surface area contributed by atoms with Gasteiger partial charge in [0.05, 0.1) is 17.1 Å². The van der Waals surface area contributed by atoms with E-state index >= 15 is 0 Å². The molecule has 3 aromatic carbocycles. The van der Waals surface area contributed by atoms with Crippen molar-refractivity contribution < 1.29 is 5.11 Å². The first-order valence-corrected chi connectivity index (χ1v) is 8.70. The molecule has 0 spiro atoms. The molecule has 0 bridgehead atoms. The monoisotopic (exact) mass is 343 g/mol. The number of phenolic OH excluding ortho intramolecular Hbond substituents is 1. The molecule has 0 aliphatic carbocycles. The summed E-state index contributed by atoms with van der Waals surface area (Å²) in [4.78, 5) is 4.87. The number of nitrogens with zero attached hydrogens (tertiary/aromatic N) is 2. The smallest absolute Gasteiger partial charge is 0.131 e. The zero-order valence-electron chi connectivity index (χ0n) is 14.6. The number of fused-ring (bicyclic) bond motifs is 1. The van der Waals surface area contributed by atoms with E-state index in [1.54, 1.807) is 12.1 Å². The Morgan fingerprint density at radius 3 is 2.50 bits per heavy atom. The quantitative estimate of drug-likeness (QED) is 0.572. The second kappa shape index (κ2) is 7.02. The summed E-state index contributed by atoms with van der Waals surface area (Å²) < 4.78 is 2.14. The highest BCUT2D eigenvalue weighted by atomic mass is 16.3. The van der Waals surface area contributed by atoms with E-state index in [0.29, 0.717) is 6.54 Å². The standard InChI is InChI=1S/C22H21N3O/c1-25-20-13-6-5-12-19(20)24-22(25)21(17-9-3-2-4-10-17)23-15-16-8-7-11-18(26)14-16/h2-14,21,23,26H,15H2,1H3/t21-/m1/s1. The summed E-state index contributed by atoms with van der Waals surface area (Å²) in [5, 5.41) is 13.3. The van der Waals surface area contributed by atoms with Crippen LogP contribution in [0, 0.1) is 0 Å². The van der Waals surface area contributed by atoms with Crippen molar-refractivity contribution in [1.29, 1.82) is 0 Å². The molecular formula is C22H21N3O. The normalized spacial score (nSPS) is 12.3. The predicted molar refractivity (Wildman–Crippen MR) is 104 cm³/mol. The number of imidazole rings is 1. The molecule has 0 saturated heterocycles. The maximum atomic E-state index is 9.71. The van der Waals surface area contributed by atoms with E-state index in [2.05, 4.69) is 35.1 Å². The first-order valence-electron chi connectivity index (χ1n) is 8.70. The minimum absolute atomic E-state index is 0.0454. The average molecular weight is 343 g/mol. The molecular weight excluding hydrogens is 322 g/mol. The Kier molecular flexibility index (Phi) is 4.42. The van der Waals surface area contributed by atoms with Crippen LogP contribution in [0.3, 0.4) is 0 Å². The van der Waals surface area contributed by atoms with Gasteiger partial charge in [0.15, 0.2) is 0 Å². The molecule has 1 atom stereocenters. The van der Waals surface area contributed by atoms with Crippen molar-refractivity contribution in [2.75, 3.05) is 0 Å². The second-order valence-corrected chi connectivity index (χ2v) is 6.41. The first kappa shape index (κ1) is 16.4. The van der Waals surface area contributed by atoms with Crippen molar-refractivity contribution in [2.24, 2.45) is 7.05 Å². The van der Waals surface area contributed by atoms with E-state index < -0.39 is 0 Å². The van der Waals surface area contributed by atoms with E-state index in [1.807, 2.05) is 48.5 Å². The SMILES string of the molecule is Cn1c([C@H](NCc2cccc(O)c2)c2ccccc2)nc2ccccc21. The van der Waals surface area contributed by atoms with Crippen LogP contribution < -0.4 is 5.32 Å². The van der Waals surface area contributed by atoms with Gasteiger partial charge in [0.25, 0.3) is 0 Å². The molecule has 0 saturated carbocycles. The van der Waals surface area contributed by atoms with E-state index in [0.717, 1.165) is 28.0 Å². The number of hydrogen-bond donors (Lipinski definition) is 2. The Balaban J connectivity index is 1.72. The number of para-hydroxylation sites is 2. The molecule has 4 aromatic rings. The summed E-state index contributed by atoms with van der Waals surface area (Å²) in [5.74, 6) is 1.25. The van der Waals surface area contributed by atoms with E-state index in [4.69, 9.17) is 4.98 Å². The Labute approximate surface area is 152 Å². The fraction of sp³-hybridized carbons (Fsp3) is 0.136. The summed E-state index contributed by atoms with van der Waals surface area (Å²) in [6.07, 6.45) is 0. The van der Waals surface area contributed by atoms with Crippen molar-refractivity contribution in [2.45, 2.75) is 12.6 Å². The van der Waals surface area contributed by atoms with Gasteiger partial charge in [-0.25, -0.2) is 4.98 Å². The van der Waals surface area contributed by atoms with Crippen LogP contribution in [-0.4, -0.2) is 14.7 Å². The van der Waals surface area contributed by atoms with Crippen molar-refractivity contribution in [3.8, 4) is 5.75 Å². The van der Waals surface area contributed by atoms with Gasteiger partial charge in [-0.1, -0.05) is 54.6 Å². The lowest BCUT2D eigenvalue weighted by molar-refractivity contribution is 0.473. The number of phenols is 1. The van der Waals surface area contributed by atoms with Gasteiger partial charge in [-0.15, -0.1) is 0 Å². The maximum Gasteiger partial charge on any atom is 0.131 e. The summed E-state index contributed by atoms with van der Waals surface area (Å²) >= 11 is 0. The molecule has 4 nitrogen and oxygen atoms in total. The van der Waals surface area contributed by atoms with Gasteiger partial charge in [-0.2, -0.15) is 0 Å². The van der Waals surface area contributed by atoms with Gasteiger partial charge in [-0.3, -0.25) is 5.32 Å². The number of nitrogens with one attached hydrogen (secondary N) is 1. The van der Waals surface area contributed by atoms with Gasteiger partial charge in [0, 0.05) is 13.6 Å². The van der Waals surface area contributed by atoms with Gasteiger partial charge in [-0.05, 0) is 35.4 Å². The Morgan fingerprint density at radius 1 is 0.962 bits per heavy atom. The molecule has 0 fully saturated rings. The highest BCUT2D eigenvalue weighted by molar-refractivity contribution is 5.76.